The molecular weight excluding hydrogens is 390 g/mol. The molecule has 0 saturated carbocycles. The lowest BCUT2D eigenvalue weighted by Crippen LogP contribution is -3.14. The molecule has 0 spiro atoms. The highest BCUT2D eigenvalue weighted by Crippen LogP contribution is 2.27. The normalized spacial score (nSPS) is 12.8. The van der Waals surface area contributed by atoms with Gasteiger partial charge >= 0.3 is 0 Å². The maximum atomic E-state index is 12.7. The lowest BCUT2D eigenvalue weighted by Gasteiger charge is -2.22. The lowest BCUT2D eigenvalue weighted by atomic mass is 10.1. The molecule has 0 saturated heterocycles. The van der Waals surface area contributed by atoms with E-state index >= 15 is 0 Å². The van der Waals surface area contributed by atoms with E-state index < -0.39 is 6.04 Å². The summed E-state index contributed by atoms with van der Waals surface area (Å²) in [6.45, 7) is 7.91. The summed E-state index contributed by atoms with van der Waals surface area (Å²) in [5.74, 6) is 0.159. The molecule has 0 radical (unpaired) electrons. The van der Waals surface area contributed by atoms with E-state index in [-0.39, 0.29) is 18.4 Å². The van der Waals surface area contributed by atoms with E-state index in [1.165, 1.54) is 7.11 Å². The number of aryl methyl sites for hydroxylation is 3. The van der Waals surface area contributed by atoms with Crippen LogP contribution in [0.3, 0.4) is 0 Å². The Balaban J connectivity index is 2.01. The van der Waals surface area contributed by atoms with Crippen LogP contribution in [0.5, 0.6) is 5.75 Å². The van der Waals surface area contributed by atoms with Gasteiger partial charge in [0.05, 0.1) is 19.8 Å². The van der Waals surface area contributed by atoms with Gasteiger partial charge in [-0.1, -0.05) is 29.3 Å². The van der Waals surface area contributed by atoms with E-state index in [9.17, 15) is 9.59 Å². The average Bonchev–Trinajstić information content (AvgIpc) is 2.64. The first-order chi connectivity index (χ1) is 13.6. The molecule has 0 aliphatic carbocycles. The first-order valence-electron chi connectivity index (χ1n) is 9.46. The fourth-order valence-electron chi connectivity index (χ4n) is 3.21. The van der Waals surface area contributed by atoms with Crippen molar-refractivity contribution in [3.63, 3.8) is 0 Å². The van der Waals surface area contributed by atoms with Crippen LogP contribution < -0.4 is 20.3 Å². The van der Waals surface area contributed by atoms with Crippen molar-refractivity contribution in [3.05, 3.63) is 52.0 Å². The molecule has 0 fully saturated rings. The number of rotatable bonds is 7. The number of quaternary nitrogens is 1. The number of carbonyl (C=O) groups excluding carboxylic acids is 2. The molecule has 0 bridgehead atoms. The number of likely N-dealkylation sites (N-methyl/N-ethyl adjacent to an activating group) is 1. The number of carbonyl (C=O) groups is 2. The summed E-state index contributed by atoms with van der Waals surface area (Å²) in [6.07, 6.45) is 0. The molecule has 3 N–H and O–H groups in total. The van der Waals surface area contributed by atoms with Crippen LogP contribution in [-0.2, 0) is 9.59 Å². The van der Waals surface area contributed by atoms with Crippen molar-refractivity contribution in [1.82, 2.24) is 0 Å². The third-order valence-corrected chi connectivity index (χ3v) is 5.17. The van der Waals surface area contributed by atoms with Crippen molar-refractivity contribution in [2.75, 3.05) is 31.3 Å². The van der Waals surface area contributed by atoms with Crippen molar-refractivity contribution in [3.8, 4) is 5.75 Å². The molecule has 0 aliphatic rings. The van der Waals surface area contributed by atoms with E-state index in [0.29, 0.717) is 16.5 Å². The van der Waals surface area contributed by atoms with Crippen LogP contribution in [0.25, 0.3) is 0 Å². The van der Waals surface area contributed by atoms with Crippen LogP contribution in [0.1, 0.15) is 23.6 Å². The molecule has 1 unspecified atom stereocenters. The number of benzene rings is 2. The molecule has 0 aromatic heterocycles. The fourth-order valence-corrected chi connectivity index (χ4v) is 3.38. The Hall–Kier alpha value is -2.57. The third kappa shape index (κ3) is 5.95. The highest BCUT2D eigenvalue weighted by atomic mass is 35.5. The number of nitrogens with one attached hydrogen (secondary N) is 3. The summed E-state index contributed by atoms with van der Waals surface area (Å²) in [4.78, 5) is 26.0. The molecule has 29 heavy (non-hydrogen) atoms. The first-order valence-corrected chi connectivity index (χ1v) is 9.84. The molecule has 2 amide bonds. The molecule has 6 nitrogen and oxygen atoms in total. The maximum Gasteiger partial charge on any atom is 0.282 e. The summed E-state index contributed by atoms with van der Waals surface area (Å²) in [5, 5.41) is 6.30. The van der Waals surface area contributed by atoms with Gasteiger partial charge in [-0.3, -0.25) is 9.59 Å². The van der Waals surface area contributed by atoms with Gasteiger partial charge in [0, 0.05) is 10.7 Å². The van der Waals surface area contributed by atoms with Crippen molar-refractivity contribution < 1.29 is 19.2 Å². The Bertz CT molecular complexity index is 891. The lowest BCUT2D eigenvalue weighted by molar-refractivity contribution is -0.885. The summed E-state index contributed by atoms with van der Waals surface area (Å²) in [6, 6.07) is 8.64. The summed E-state index contributed by atoms with van der Waals surface area (Å²) >= 11 is 6.02. The predicted octanol–water partition coefficient (Wildman–Crippen LogP) is 2.75. The number of hydrogen-bond acceptors (Lipinski definition) is 3. The number of methoxy groups -OCH3 is 1. The zero-order valence-electron chi connectivity index (χ0n) is 17.8. The fraction of sp³-hybridized carbons (Fsp3) is 0.364. The van der Waals surface area contributed by atoms with E-state index in [1.807, 2.05) is 40.0 Å². The van der Waals surface area contributed by atoms with Crippen LogP contribution >= 0.6 is 11.6 Å². The third-order valence-electron chi connectivity index (χ3n) is 4.93. The van der Waals surface area contributed by atoms with E-state index in [4.69, 9.17) is 16.3 Å². The number of hydrogen-bond donors (Lipinski definition) is 3. The Morgan fingerprint density at radius 1 is 1.10 bits per heavy atom. The van der Waals surface area contributed by atoms with Crippen LogP contribution in [0.15, 0.2) is 30.3 Å². The monoisotopic (exact) mass is 418 g/mol. The quantitative estimate of drug-likeness (QED) is 0.647. The highest BCUT2D eigenvalue weighted by Gasteiger charge is 2.25. The minimum atomic E-state index is -0.454. The Labute approximate surface area is 177 Å². The Morgan fingerprint density at radius 3 is 2.31 bits per heavy atom. The van der Waals surface area contributed by atoms with Gasteiger partial charge in [0.15, 0.2) is 12.6 Å². The molecule has 7 heteroatoms. The summed E-state index contributed by atoms with van der Waals surface area (Å²) in [5.41, 5.74) is 4.52. The first kappa shape index (κ1) is 22.7. The van der Waals surface area contributed by atoms with Crippen molar-refractivity contribution in [2.24, 2.45) is 0 Å². The van der Waals surface area contributed by atoms with Gasteiger partial charge in [-0.05, 0) is 57.0 Å². The Morgan fingerprint density at radius 2 is 1.72 bits per heavy atom. The van der Waals surface area contributed by atoms with Gasteiger partial charge in [0.25, 0.3) is 11.8 Å². The van der Waals surface area contributed by atoms with Gasteiger partial charge in [-0.25, -0.2) is 0 Å². The largest absolute Gasteiger partial charge is 0.495 e. The molecule has 2 atom stereocenters. The Kier molecular flexibility index (Phi) is 7.65. The highest BCUT2D eigenvalue weighted by molar-refractivity contribution is 6.31. The van der Waals surface area contributed by atoms with E-state index in [2.05, 4.69) is 10.6 Å². The van der Waals surface area contributed by atoms with Crippen molar-refractivity contribution in [1.29, 1.82) is 0 Å². The number of halogens is 1. The summed E-state index contributed by atoms with van der Waals surface area (Å²) in [7, 11) is 3.34. The van der Waals surface area contributed by atoms with E-state index in [0.717, 1.165) is 27.3 Å². The van der Waals surface area contributed by atoms with Crippen LogP contribution in [0, 0.1) is 20.8 Å². The van der Waals surface area contributed by atoms with Crippen LogP contribution in [-0.4, -0.2) is 38.6 Å². The van der Waals surface area contributed by atoms with Crippen molar-refractivity contribution in [2.45, 2.75) is 33.7 Å². The SMILES string of the molecule is COc1ccc(Cl)cc1NC(=O)[C@@H](C)[NH+](C)CC(=O)Nc1c(C)cc(C)cc1C. The minimum absolute atomic E-state index is 0.141. The number of amides is 2. The smallest absolute Gasteiger partial charge is 0.282 e. The molecule has 0 aliphatic heterocycles. The molecule has 2 aromatic rings. The van der Waals surface area contributed by atoms with Gasteiger partial charge < -0.3 is 20.3 Å². The second-order valence-electron chi connectivity index (χ2n) is 7.40. The van der Waals surface area contributed by atoms with Gasteiger partial charge in [0.1, 0.15) is 5.75 Å². The zero-order chi connectivity index (χ0) is 21.7. The van der Waals surface area contributed by atoms with E-state index in [1.54, 1.807) is 25.1 Å². The molecule has 156 valence electrons. The van der Waals surface area contributed by atoms with Gasteiger partial charge in [0.2, 0.25) is 0 Å². The molecule has 2 aromatic carbocycles. The van der Waals surface area contributed by atoms with Crippen LogP contribution in [0.4, 0.5) is 11.4 Å². The summed E-state index contributed by atoms with van der Waals surface area (Å²) < 4.78 is 5.26. The maximum absolute atomic E-state index is 12.7. The van der Waals surface area contributed by atoms with Crippen LogP contribution in [0.2, 0.25) is 5.02 Å². The topological polar surface area (TPSA) is 71.9 Å². The second-order valence-corrected chi connectivity index (χ2v) is 7.84. The molecular formula is C22H29ClN3O3+. The van der Waals surface area contributed by atoms with Gasteiger partial charge in [-0.2, -0.15) is 0 Å². The predicted molar refractivity (Wildman–Crippen MR) is 117 cm³/mol. The van der Waals surface area contributed by atoms with Crippen molar-refractivity contribution >= 4 is 34.8 Å². The average molecular weight is 419 g/mol. The number of ether oxygens (including phenoxy) is 1. The minimum Gasteiger partial charge on any atom is -0.495 e. The zero-order valence-corrected chi connectivity index (χ0v) is 18.5. The standard InChI is InChI=1S/C22H28ClN3O3/c1-13-9-14(2)21(15(3)10-13)25-20(27)12-26(5)16(4)22(28)24-18-11-17(23)7-8-19(18)29-6/h7-11,16H,12H2,1-6H3,(H,24,28)(H,25,27)/p+1/t16-/m1/s1. The molecule has 0 heterocycles. The molecule has 2 rings (SSSR count). The van der Waals surface area contributed by atoms with Gasteiger partial charge in [-0.15, -0.1) is 0 Å². The second kappa shape index (κ2) is 9.76. The number of anilines is 2.